The molecule has 2 rings (SSSR count). The van der Waals surface area contributed by atoms with E-state index in [1.165, 1.54) is 12.8 Å². The average Bonchev–Trinajstić information content (AvgIpc) is 2.81. The van der Waals surface area contributed by atoms with E-state index in [-0.39, 0.29) is 5.91 Å². The lowest BCUT2D eigenvalue weighted by atomic mass is 10.3. The molecular weight excluding hydrogens is 166 g/mol. The lowest BCUT2D eigenvalue weighted by Crippen LogP contribution is -2.17. The quantitative estimate of drug-likeness (QED) is 0.740. The zero-order valence-electron chi connectivity index (χ0n) is 7.66. The molecule has 1 N–H and O–H groups in total. The van der Waals surface area contributed by atoms with Crippen LogP contribution in [0.5, 0.6) is 0 Å². The number of carbonyl (C=O) groups excluding carboxylic acids is 1. The van der Waals surface area contributed by atoms with Gasteiger partial charge in [-0.1, -0.05) is 0 Å². The highest BCUT2D eigenvalue weighted by atomic mass is 16.1. The number of nitrogens with one attached hydrogen (secondary N) is 1. The first-order valence-electron chi connectivity index (χ1n) is 4.54. The van der Waals surface area contributed by atoms with Gasteiger partial charge in [-0.2, -0.15) is 5.10 Å². The molecule has 4 nitrogen and oxygen atoms in total. The molecule has 70 valence electrons. The highest BCUT2D eigenvalue weighted by Gasteiger charge is 2.22. The van der Waals surface area contributed by atoms with Gasteiger partial charge in [-0.15, -0.1) is 0 Å². The molecule has 0 bridgehead atoms. The van der Waals surface area contributed by atoms with Crippen molar-refractivity contribution in [2.45, 2.75) is 19.4 Å². The van der Waals surface area contributed by atoms with Crippen LogP contribution in [-0.4, -0.2) is 22.7 Å². The molecule has 1 heterocycles. The molecule has 4 heteroatoms. The van der Waals surface area contributed by atoms with Crippen LogP contribution in [0.3, 0.4) is 0 Å². The van der Waals surface area contributed by atoms with E-state index in [0.29, 0.717) is 5.56 Å². The Morgan fingerprint density at radius 1 is 1.77 bits per heavy atom. The summed E-state index contributed by atoms with van der Waals surface area (Å²) in [5.74, 6) is 0.722. The molecule has 0 atom stereocenters. The van der Waals surface area contributed by atoms with Gasteiger partial charge in [0.05, 0.1) is 11.8 Å². The second kappa shape index (κ2) is 3.20. The Morgan fingerprint density at radius 2 is 2.54 bits per heavy atom. The molecule has 0 aliphatic heterocycles. The average molecular weight is 179 g/mol. The van der Waals surface area contributed by atoms with Gasteiger partial charge < -0.3 is 5.32 Å². The van der Waals surface area contributed by atoms with Crippen molar-refractivity contribution in [3.05, 3.63) is 18.0 Å². The van der Waals surface area contributed by atoms with E-state index in [1.807, 2.05) is 4.68 Å². The first-order chi connectivity index (χ1) is 6.29. The Bertz CT molecular complexity index is 314. The second-order valence-electron chi connectivity index (χ2n) is 3.47. The Morgan fingerprint density at radius 3 is 3.15 bits per heavy atom. The van der Waals surface area contributed by atoms with E-state index in [2.05, 4.69) is 10.4 Å². The highest BCUT2D eigenvalue weighted by molar-refractivity contribution is 5.93. The number of carbonyl (C=O) groups is 1. The van der Waals surface area contributed by atoms with Crippen molar-refractivity contribution in [2.24, 2.45) is 5.92 Å². The van der Waals surface area contributed by atoms with Crippen LogP contribution in [0.4, 0.5) is 0 Å². The van der Waals surface area contributed by atoms with Crippen molar-refractivity contribution in [1.29, 1.82) is 0 Å². The predicted octanol–water partition coefficient (Wildman–Crippen LogP) is 0.653. The maximum Gasteiger partial charge on any atom is 0.254 e. The molecule has 0 saturated heterocycles. The van der Waals surface area contributed by atoms with Gasteiger partial charge in [0.2, 0.25) is 0 Å². The molecule has 1 aromatic heterocycles. The highest BCUT2D eigenvalue weighted by Crippen LogP contribution is 2.30. The fourth-order valence-electron chi connectivity index (χ4n) is 1.29. The van der Waals surface area contributed by atoms with Crippen LogP contribution in [0.2, 0.25) is 0 Å². The maximum absolute atomic E-state index is 11.2. The van der Waals surface area contributed by atoms with Crippen molar-refractivity contribution >= 4 is 5.91 Å². The van der Waals surface area contributed by atoms with Crippen molar-refractivity contribution in [3.8, 4) is 0 Å². The maximum atomic E-state index is 11.2. The van der Waals surface area contributed by atoms with Crippen LogP contribution in [-0.2, 0) is 6.54 Å². The van der Waals surface area contributed by atoms with Gasteiger partial charge in [0.15, 0.2) is 0 Å². The zero-order chi connectivity index (χ0) is 9.26. The van der Waals surface area contributed by atoms with Crippen LogP contribution in [0.25, 0.3) is 0 Å². The van der Waals surface area contributed by atoms with Gasteiger partial charge in [0.1, 0.15) is 0 Å². The minimum absolute atomic E-state index is 0.0675. The summed E-state index contributed by atoms with van der Waals surface area (Å²) in [6, 6.07) is 0. The summed E-state index contributed by atoms with van der Waals surface area (Å²) in [5, 5.41) is 6.69. The minimum atomic E-state index is -0.0675. The SMILES string of the molecule is CNC(=O)c1cnn(CC2CC2)c1. The summed E-state index contributed by atoms with van der Waals surface area (Å²) in [6.45, 7) is 0.955. The first kappa shape index (κ1) is 8.29. The number of aromatic nitrogens is 2. The predicted molar refractivity (Wildman–Crippen MR) is 48.3 cm³/mol. The fourth-order valence-corrected chi connectivity index (χ4v) is 1.29. The van der Waals surface area contributed by atoms with Crippen LogP contribution >= 0.6 is 0 Å². The Labute approximate surface area is 76.9 Å². The Balaban J connectivity index is 2.03. The zero-order valence-corrected chi connectivity index (χ0v) is 7.66. The Hall–Kier alpha value is -1.32. The van der Waals surface area contributed by atoms with Gasteiger partial charge in [0.25, 0.3) is 5.91 Å². The molecule has 0 unspecified atom stereocenters. The molecule has 1 aromatic rings. The molecule has 1 fully saturated rings. The minimum Gasteiger partial charge on any atom is -0.355 e. The van der Waals surface area contributed by atoms with Gasteiger partial charge in [-0.3, -0.25) is 9.48 Å². The number of amides is 1. The van der Waals surface area contributed by atoms with Gasteiger partial charge >= 0.3 is 0 Å². The molecule has 0 radical (unpaired) electrons. The van der Waals surface area contributed by atoms with Crippen LogP contribution < -0.4 is 5.32 Å². The lowest BCUT2D eigenvalue weighted by molar-refractivity contribution is 0.0963. The summed E-state index contributed by atoms with van der Waals surface area (Å²) >= 11 is 0. The molecule has 13 heavy (non-hydrogen) atoms. The van der Waals surface area contributed by atoms with Crippen molar-refractivity contribution in [3.63, 3.8) is 0 Å². The van der Waals surface area contributed by atoms with Crippen LogP contribution in [0.15, 0.2) is 12.4 Å². The van der Waals surface area contributed by atoms with E-state index < -0.39 is 0 Å². The lowest BCUT2D eigenvalue weighted by Gasteiger charge is -1.96. The summed E-state index contributed by atoms with van der Waals surface area (Å²) < 4.78 is 1.85. The normalized spacial score (nSPS) is 15.8. The monoisotopic (exact) mass is 179 g/mol. The molecular formula is C9H13N3O. The third-order valence-corrected chi connectivity index (χ3v) is 2.26. The third-order valence-electron chi connectivity index (χ3n) is 2.26. The molecule has 1 saturated carbocycles. The molecule has 0 spiro atoms. The van der Waals surface area contributed by atoms with E-state index in [0.717, 1.165) is 12.5 Å². The van der Waals surface area contributed by atoms with Crippen molar-refractivity contribution < 1.29 is 4.79 Å². The Kier molecular flexibility index (Phi) is 2.04. The van der Waals surface area contributed by atoms with Gasteiger partial charge in [-0.05, 0) is 18.8 Å². The second-order valence-corrected chi connectivity index (χ2v) is 3.47. The number of rotatable bonds is 3. The van der Waals surface area contributed by atoms with E-state index in [9.17, 15) is 4.79 Å². The van der Waals surface area contributed by atoms with E-state index in [4.69, 9.17) is 0 Å². The summed E-state index contributed by atoms with van der Waals surface area (Å²) in [7, 11) is 1.63. The smallest absolute Gasteiger partial charge is 0.254 e. The van der Waals surface area contributed by atoms with Gasteiger partial charge in [0, 0.05) is 19.8 Å². The number of nitrogens with zero attached hydrogens (tertiary/aromatic N) is 2. The topological polar surface area (TPSA) is 46.9 Å². The number of hydrogen-bond acceptors (Lipinski definition) is 2. The summed E-state index contributed by atoms with van der Waals surface area (Å²) in [4.78, 5) is 11.2. The largest absolute Gasteiger partial charge is 0.355 e. The fraction of sp³-hybridized carbons (Fsp3) is 0.556. The van der Waals surface area contributed by atoms with Crippen molar-refractivity contribution in [2.75, 3.05) is 7.05 Å². The van der Waals surface area contributed by atoms with E-state index in [1.54, 1.807) is 19.4 Å². The van der Waals surface area contributed by atoms with Crippen LogP contribution in [0, 0.1) is 5.92 Å². The standard InChI is InChI=1S/C9H13N3O/c1-10-9(13)8-4-11-12(6-8)5-7-2-3-7/h4,6-7H,2-3,5H2,1H3,(H,10,13). The molecule has 1 amide bonds. The molecule has 1 aliphatic carbocycles. The summed E-state index contributed by atoms with van der Waals surface area (Å²) in [5.41, 5.74) is 0.642. The molecule has 0 aromatic carbocycles. The first-order valence-corrected chi connectivity index (χ1v) is 4.54. The van der Waals surface area contributed by atoms with Crippen LogP contribution in [0.1, 0.15) is 23.2 Å². The van der Waals surface area contributed by atoms with Gasteiger partial charge in [-0.25, -0.2) is 0 Å². The molecule has 1 aliphatic rings. The summed E-state index contributed by atoms with van der Waals surface area (Å²) in [6.07, 6.45) is 6.02. The number of hydrogen-bond donors (Lipinski definition) is 1. The third kappa shape index (κ3) is 1.88. The van der Waals surface area contributed by atoms with Crippen molar-refractivity contribution in [1.82, 2.24) is 15.1 Å². The van der Waals surface area contributed by atoms with E-state index >= 15 is 0 Å².